The Balaban J connectivity index is 1.93. The lowest BCUT2D eigenvalue weighted by atomic mass is 10.0. The molecule has 17 heavy (non-hydrogen) atoms. The van der Waals surface area contributed by atoms with E-state index >= 15 is 0 Å². The van der Waals surface area contributed by atoms with Crippen molar-refractivity contribution >= 4 is 28.3 Å². The van der Waals surface area contributed by atoms with Crippen LogP contribution in [0.1, 0.15) is 36.9 Å². The lowest BCUT2D eigenvalue weighted by Crippen LogP contribution is -2.39. The third-order valence-corrected chi connectivity index (χ3v) is 5.66. The molecule has 2 rings (SSSR count). The summed E-state index contributed by atoms with van der Waals surface area (Å²) < 4.78 is 0. The molecule has 1 saturated heterocycles. The maximum Gasteiger partial charge on any atom is 0.157 e. The van der Waals surface area contributed by atoms with Gasteiger partial charge in [0.15, 0.2) is 5.17 Å². The molecule has 1 fully saturated rings. The molecule has 0 aliphatic carbocycles. The highest BCUT2D eigenvalue weighted by Crippen LogP contribution is 2.26. The highest BCUT2D eigenvalue weighted by atomic mass is 32.2. The van der Waals surface area contributed by atoms with Gasteiger partial charge in [-0.15, -0.1) is 11.3 Å². The number of amidine groups is 1. The van der Waals surface area contributed by atoms with Gasteiger partial charge >= 0.3 is 0 Å². The molecule has 2 heterocycles. The summed E-state index contributed by atoms with van der Waals surface area (Å²) in [6, 6.07) is 4.41. The van der Waals surface area contributed by atoms with Gasteiger partial charge in [0.2, 0.25) is 0 Å². The summed E-state index contributed by atoms with van der Waals surface area (Å²) in [5.41, 5.74) is 0.244. The van der Waals surface area contributed by atoms with Crippen molar-refractivity contribution in [2.75, 3.05) is 5.75 Å². The van der Waals surface area contributed by atoms with Crippen LogP contribution in [0, 0.1) is 0 Å². The average Bonchev–Trinajstić information content (AvgIpc) is 2.94. The first-order chi connectivity index (χ1) is 8.15. The van der Waals surface area contributed by atoms with Gasteiger partial charge in [-0.25, -0.2) is 0 Å². The van der Waals surface area contributed by atoms with E-state index in [2.05, 4.69) is 43.2 Å². The monoisotopic (exact) mass is 268 g/mol. The molecule has 1 aliphatic rings. The molecule has 1 atom stereocenters. The summed E-state index contributed by atoms with van der Waals surface area (Å²) in [6.45, 7) is 7.51. The number of hydrogen-bond donors (Lipinski definition) is 1. The van der Waals surface area contributed by atoms with E-state index in [4.69, 9.17) is 0 Å². The molecule has 0 aromatic carbocycles. The highest BCUT2D eigenvalue weighted by molar-refractivity contribution is 8.14. The Hall–Kier alpha value is -0.480. The van der Waals surface area contributed by atoms with Crippen molar-refractivity contribution in [3.8, 4) is 0 Å². The predicted octanol–water partition coefficient (Wildman–Crippen LogP) is 3.67. The van der Waals surface area contributed by atoms with Crippen LogP contribution in [0.5, 0.6) is 0 Å². The number of thioether (sulfide) groups is 1. The zero-order chi connectivity index (χ0) is 12.3. The Kier molecular flexibility index (Phi) is 4.15. The van der Waals surface area contributed by atoms with Gasteiger partial charge in [0, 0.05) is 21.0 Å². The molecule has 0 amide bonds. The fourth-order valence-electron chi connectivity index (χ4n) is 1.68. The SMILES string of the molecule is CCc1ccc(CN=C2NC(C)(CC)CS2)s1. The lowest BCUT2D eigenvalue weighted by molar-refractivity contribution is 0.466. The number of nitrogens with one attached hydrogen (secondary N) is 1. The standard InChI is InChI=1S/C13H20N2S2/c1-4-10-6-7-11(17-10)8-14-12-15-13(3,5-2)9-16-12/h6-7H,4-5,8-9H2,1-3H3,(H,14,15). The minimum atomic E-state index is 0.244. The topological polar surface area (TPSA) is 24.4 Å². The van der Waals surface area contributed by atoms with Crippen LogP contribution in [0.15, 0.2) is 17.1 Å². The van der Waals surface area contributed by atoms with Gasteiger partial charge < -0.3 is 5.32 Å². The van der Waals surface area contributed by atoms with Crippen molar-refractivity contribution in [3.05, 3.63) is 21.9 Å². The van der Waals surface area contributed by atoms with Crippen molar-refractivity contribution in [2.45, 2.75) is 45.7 Å². The molecule has 0 spiro atoms. The highest BCUT2D eigenvalue weighted by Gasteiger charge is 2.30. The lowest BCUT2D eigenvalue weighted by Gasteiger charge is -2.20. The summed E-state index contributed by atoms with van der Waals surface area (Å²) in [7, 11) is 0. The minimum absolute atomic E-state index is 0.244. The molecule has 1 aliphatic heterocycles. The van der Waals surface area contributed by atoms with Crippen LogP contribution in [-0.4, -0.2) is 16.5 Å². The number of thiophene rings is 1. The summed E-state index contributed by atoms with van der Waals surface area (Å²) >= 11 is 3.73. The van der Waals surface area contributed by atoms with Crippen molar-refractivity contribution in [2.24, 2.45) is 4.99 Å². The van der Waals surface area contributed by atoms with Crippen LogP contribution in [0.25, 0.3) is 0 Å². The van der Waals surface area contributed by atoms with Crippen molar-refractivity contribution < 1.29 is 0 Å². The molecular weight excluding hydrogens is 248 g/mol. The zero-order valence-electron chi connectivity index (χ0n) is 10.7. The van der Waals surface area contributed by atoms with Crippen molar-refractivity contribution in [1.82, 2.24) is 5.32 Å². The van der Waals surface area contributed by atoms with E-state index in [-0.39, 0.29) is 5.54 Å². The largest absolute Gasteiger partial charge is 0.359 e. The molecule has 0 radical (unpaired) electrons. The van der Waals surface area contributed by atoms with E-state index in [1.807, 2.05) is 23.1 Å². The van der Waals surface area contributed by atoms with Crippen molar-refractivity contribution in [3.63, 3.8) is 0 Å². The molecule has 1 N–H and O–H groups in total. The Bertz CT molecular complexity index is 411. The van der Waals surface area contributed by atoms with E-state index in [0.29, 0.717) is 0 Å². The van der Waals surface area contributed by atoms with E-state index in [9.17, 15) is 0 Å². The summed E-state index contributed by atoms with van der Waals surface area (Å²) in [5, 5.41) is 4.64. The Morgan fingerprint density at radius 1 is 1.35 bits per heavy atom. The number of hydrogen-bond acceptors (Lipinski definition) is 3. The summed E-state index contributed by atoms with van der Waals surface area (Å²) in [5.74, 6) is 1.13. The second kappa shape index (κ2) is 5.44. The number of aliphatic imine (C=N–C) groups is 1. The van der Waals surface area contributed by atoms with Crippen molar-refractivity contribution in [1.29, 1.82) is 0 Å². The quantitative estimate of drug-likeness (QED) is 0.901. The molecule has 0 bridgehead atoms. The second-order valence-corrected chi connectivity index (χ2v) is 6.89. The summed E-state index contributed by atoms with van der Waals surface area (Å²) in [4.78, 5) is 7.48. The average molecular weight is 268 g/mol. The zero-order valence-corrected chi connectivity index (χ0v) is 12.4. The van der Waals surface area contributed by atoms with Gasteiger partial charge in [-0.3, -0.25) is 4.99 Å². The number of rotatable bonds is 4. The maximum atomic E-state index is 4.66. The third kappa shape index (κ3) is 3.26. The minimum Gasteiger partial charge on any atom is -0.359 e. The Morgan fingerprint density at radius 2 is 2.12 bits per heavy atom. The smallest absolute Gasteiger partial charge is 0.157 e. The van der Waals surface area contributed by atoms with Gasteiger partial charge in [-0.2, -0.15) is 0 Å². The number of aryl methyl sites for hydroxylation is 1. The van der Waals surface area contributed by atoms with Gasteiger partial charge in [0.1, 0.15) is 0 Å². The van der Waals surface area contributed by atoms with Gasteiger partial charge in [0.05, 0.1) is 6.54 Å². The first kappa shape index (κ1) is 13.0. The third-order valence-electron chi connectivity index (χ3n) is 3.16. The molecule has 1 aromatic heterocycles. The van der Waals surface area contributed by atoms with E-state index < -0.39 is 0 Å². The van der Waals surface area contributed by atoms with Gasteiger partial charge in [-0.1, -0.05) is 25.6 Å². The maximum absolute atomic E-state index is 4.66. The molecular formula is C13H20N2S2. The van der Waals surface area contributed by atoms with E-state index in [1.165, 1.54) is 9.75 Å². The fourth-order valence-corrected chi connectivity index (χ4v) is 3.77. The van der Waals surface area contributed by atoms with E-state index in [1.54, 1.807) is 0 Å². The second-order valence-electron chi connectivity index (χ2n) is 4.67. The van der Waals surface area contributed by atoms with Crippen LogP contribution >= 0.6 is 23.1 Å². The first-order valence-electron chi connectivity index (χ1n) is 6.18. The molecule has 4 heteroatoms. The van der Waals surface area contributed by atoms with Crippen LogP contribution in [0.4, 0.5) is 0 Å². The first-order valence-corrected chi connectivity index (χ1v) is 7.98. The van der Waals surface area contributed by atoms with E-state index in [0.717, 1.165) is 30.3 Å². The molecule has 1 aromatic rings. The van der Waals surface area contributed by atoms with Gasteiger partial charge in [0.25, 0.3) is 0 Å². The van der Waals surface area contributed by atoms with Crippen LogP contribution in [0.2, 0.25) is 0 Å². The summed E-state index contributed by atoms with van der Waals surface area (Å²) in [6.07, 6.45) is 2.28. The predicted molar refractivity (Wildman–Crippen MR) is 79.1 cm³/mol. The normalized spacial score (nSPS) is 26.4. The van der Waals surface area contributed by atoms with Gasteiger partial charge in [-0.05, 0) is 31.9 Å². The van der Waals surface area contributed by atoms with Crippen LogP contribution in [0.3, 0.4) is 0 Å². The van der Waals surface area contributed by atoms with Crippen LogP contribution in [-0.2, 0) is 13.0 Å². The Labute approximate surface area is 112 Å². The molecule has 2 nitrogen and oxygen atoms in total. The molecule has 94 valence electrons. The number of nitrogens with zero attached hydrogens (tertiary/aromatic N) is 1. The molecule has 1 unspecified atom stereocenters. The fraction of sp³-hybridized carbons (Fsp3) is 0.615. The Morgan fingerprint density at radius 3 is 2.71 bits per heavy atom. The van der Waals surface area contributed by atoms with Crippen LogP contribution < -0.4 is 5.32 Å². The molecule has 0 saturated carbocycles.